The summed E-state index contributed by atoms with van der Waals surface area (Å²) in [5.41, 5.74) is 6.17. The third kappa shape index (κ3) is 4.61. The molecule has 1 aromatic heterocycles. The zero-order valence-corrected chi connectivity index (χ0v) is 15.8. The molecule has 146 valence electrons. The van der Waals surface area contributed by atoms with Crippen molar-refractivity contribution in [1.29, 1.82) is 0 Å². The van der Waals surface area contributed by atoms with Gasteiger partial charge < -0.3 is 20.3 Å². The fourth-order valence-electron chi connectivity index (χ4n) is 2.86. The molecule has 1 aromatic carbocycles. The highest BCUT2D eigenvalue weighted by Gasteiger charge is 2.22. The summed E-state index contributed by atoms with van der Waals surface area (Å²) in [5, 5.41) is 0. The number of allylic oxidation sites excluding steroid dienone is 1. The summed E-state index contributed by atoms with van der Waals surface area (Å²) >= 11 is 0. The van der Waals surface area contributed by atoms with Gasteiger partial charge in [0.1, 0.15) is 11.6 Å². The van der Waals surface area contributed by atoms with Crippen LogP contribution in [0.4, 0.5) is 11.9 Å². The number of hydrogen-bond acceptors (Lipinski definition) is 8. The van der Waals surface area contributed by atoms with E-state index in [1.54, 1.807) is 43.2 Å². The van der Waals surface area contributed by atoms with E-state index in [4.69, 9.17) is 10.5 Å². The second kappa shape index (κ2) is 8.47. The number of amides is 1. The lowest BCUT2D eigenvalue weighted by Gasteiger charge is -2.34. The van der Waals surface area contributed by atoms with Crippen LogP contribution in [-0.4, -0.2) is 64.8 Å². The molecule has 1 fully saturated rings. The number of piperazine rings is 1. The largest absolute Gasteiger partial charge is 0.497 e. The van der Waals surface area contributed by atoms with E-state index in [1.807, 2.05) is 4.90 Å². The van der Waals surface area contributed by atoms with Gasteiger partial charge in [-0.15, -0.1) is 0 Å². The maximum atomic E-state index is 12.4. The first-order chi connectivity index (χ1) is 13.5. The summed E-state index contributed by atoms with van der Waals surface area (Å²) in [4.78, 5) is 40.6. The molecule has 9 heteroatoms. The van der Waals surface area contributed by atoms with Crippen LogP contribution in [0.3, 0.4) is 0 Å². The third-order valence-electron chi connectivity index (χ3n) is 4.38. The predicted octanol–water partition coefficient (Wildman–Crippen LogP) is 0.859. The first-order valence-corrected chi connectivity index (χ1v) is 8.85. The van der Waals surface area contributed by atoms with E-state index in [0.717, 1.165) is 0 Å². The highest BCUT2D eigenvalue weighted by molar-refractivity contribution is 6.07. The van der Waals surface area contributed by atoms with Gasteiger partial charge in [-0.05, 0) is 37.3 Å². The molecule has 0 bridgehead atoms. The van der Waals surface area contributed by atoms with Crippen molar-refractivity contribution in [3.63, 3.8) is 0 Å². The Morgan fingerprint density at radius 3 is 2.32 bits per heavy atom. The molecule has 2 aromatic rings. The van der Waals surface area contributed by atoms with Crippen molar-refractivity contribution in [2.75, 3.05) is 43.9 Å². The second-order valence-electron chi connectivity index (χ2n) is 6.28. The molecule has 0 saturated carbocycles. The maximum Gasteiger partial charge on any atom is 0.246 e. The maximum absolute atomic E-state index is 12.4. The third-order valence-corrected chi connectivity index (χ3v) is 4.38. The van der Waals surface area contributed by atoms with Crippen molar-refractivity contribution in [1.82, 2.24) is 19.9 Å². The number of benzene rings is 1. The zero-order chi connectivity index (χ0) is 20.1. The van der Waals surface area contributed by atoms with Gasteiger partial charge in [-0.3, -0.25) is 9.59 Å². The number of hydrogen-bond donors (Lipinski definition) is 1. The van der Waals surface area contributed by atoms with Gasteiger partial charge in [0.05, 0.1) is 7.11 Å². The number of nitrogens with zero attached hydrogens (tertiary/aromatic N) is 5. The highest BCUT2D eigenvalue weighted by atomic mass is 16.5. The molecule has 2 heterocycles. The molecular formula is C19H22N6O3. The van der Waals surface area contributed by atoms with Crippen LogP contribution in [0.15, 0.2) is 36.4 Å². The first-order valence-electron chi connectivity index (χ1n) is 8.85. The molecule has 0 aliphatic carbocycles. The molecule has 1 amide bonds. The van der Waals surface area contributed by atoms with E-state index in [2.05, 4.69) is 15.0 Å². The molecule has 3 rings (SSSR count). The summed E-state index contributed by atoms with van der Waals surface area (Å²) in [6, 6.07) is 6.74. The van der Waals surface area contributed by atoms with Gasteiger partial charge in [-0.25, -0.2) is 0 Å². The quantitative estimate of drug-likeness (QED) is 0.598. The van der Waals surface area contributed by atoms with Gasteiger partial charge >= 0.3 is 0 Å². The van der Waals surface area contributed by atoms with Crippen molar-refractivity contribution in [3.05, 3.63) is 47.8 Å². The van der Waals surface area contributed by atoms with E-state index in [9.17, 15) is 9.59 Å². The number of aryl methyl sites for hydroxylation is 1. The van der Waals surface area contributed by atoms with Crippen LogP contribution in [0.2, 0.25) is 0 Å². The van der Waals surface area contributed by atoms with Gasteiger partial charge in [0.25, 0.3) is 0 Å². The van der Waals surface area contributed by atoms with E-state index < -0.39 is 0 Å². The molecule has 1 aliphatic heterocycles. The lowest BCUT2D eigenvalue weighted by molar-refractivity contribution is -0.126. The Morgan fingerprint density at radius 1 is 1.04 bits per heavy atom. The monoisotopic (exact) mass is 382 g/mol. The Bertz CT molecular complexity index is 869. The van der Waals surface area contributed by atoms with Crippen molar-refractivity contribution in [3.8, 4) is 5.75 Å². The van der Waals surface area contributed by atoms with Gasteiger partial charge in [0.15, 0.2) is 5.78 Å². The minimum Gasteiger partial charge on any atom is -0.497 e. The van der Waals surface area contributed by atoms with Crippen LogP contribution in [0.5, 0.6) is 5.75 Å². The standard InChI is InChI=1S/C19H22N6O3/c1-13-21-18(20)23-19(22-13)25-11-9-24(10-12-25)17(27)8-7-16(26)14-3-5-15(28-2)6-4-14/h3-8H,9-12H2,1-2H3,(H2,20,21,22,23)/b8-7+. The summed E-state index contributed by atoms with van der Waals surface area (Å²) in [5.74, 6) is 1.49. The van der Waals surface area contributed by atoms with E-state index in [1.165, 1.54) is 12.2 Å². The van der Waals surface area contributed by atoms with Crippen molar-refractivity contribution in [2.45, 2.75) is 6.92 Å². The van der Waals surface area contributed by atoms with Gasteiger partial charge in [-0.1, -0.05) is 0 Å². The summed E-state index contributed by atoms with van der Waals surface area (Å²) in [6.07, 6.45) is 2.61. The molecule has 9 nitrogen and oxygen atoms in total. The van der Waals surface area contributed by atoms with Crippen molar-refractivity contribution in [2.24, 2.45) is 0 Å². The van der Waals surface area contributed by atoms with Crippen LogP contribution in [-0.2, 0) is 4.79 Å². The first kappa shape index (κ1) is 19.3. The Kier molecular flexibility index (Phi) is 5.83. The Morgan fingerprint density at radius 2 is 1.71 bits per heavy atom. The fourth-order valence-corrected chi connectivity index (χ4v) is 2.86. The minimum absolute atomic E-state index is 0.181. The molecule has 0 spiro atoms. The zero-order valence-electron chi connectivity index (χ0n) is 15.8. The minimum atomic E-state index is -0.231. The molecule has 0 atom stereocenters. The number of carbonyl (C=O) groups is 2. The van der Waals surface area contributed by atoms with Crippen molar-refractivity contribution < 1.29 is 14.3 Å². The fraction of sp³-hybridized carbons (Fsp3) is 0.316. The topological polar surface area (TPSA) is 115 Å². The summed E-state index contributed by atoms with van der Waals surface area (Å²) < 4.78 is 5.07. The van der Waals surface area contributed by atoms with Gasteiger partial charge in [0, 0.05) is 37.8 Å². The predicted molar refractivity (Wildman–Crippen MR) is 104 cm³/mol. The molecule has 28 heavy (non-hydrogen) atoms. The van der Waals surface area contributed by atoms with Crippen LogP contribution in [0.25, 0.3) is 0 Å². The van der Waals surface area contributed by atoms with Crippen LogP contribution in [0, 0.1) is 6.92 Å². The molecule has 2 N–H and O–H groups in total. The number of nitrogens with two attached hydrogens (primary N) is 1. The SMILES string of the molecule is COc1ccc(C(=O)/C=C/C(=O)N2CCN(c3nc(C)nc(N)n3)CC2)cc1. The number of carbonyl (C=O) groups excluding carboxylic acids is 2. The smallest absolute Gasteiger partial charge is 0.246 e. The second-order valence-corrected chi connectivity index (χ2v) is 6.28. The number of rotatable bonds is 5. The molecule has 1 aliphatic rings. The number of aromatic nitrogens is 3. The molecular weight excluding hydrogens is 360 g/mol. The average molecular weight is 382 g/mol. The Labute approximate surface area is 162 Å². The van der Waals surface area contributed by atoms with Crippen LogP contribution < -0.4 is 15.4 Å². The van der Waals surface area contributed by atoms with Crippen LogP contribution in [0.1, 0.15) is 16.2 Å². The van der Waals surface area contributed by atoms with Crippen LogP contribution >= 0.6 is 0 Å². The number of ether oxygens (including phenoxy) is 1. The average Bonchev–Trinajstić information content (AvgIpc) is 2.71. The van der Waals surface area contributed by atoms with Gasteiger partial charge in [0.2, 0.25) is 17.8 Å². The number of methoxy groups -OCH3 is 1. The van der Waals surface area contributed by atoms with E-state index in [0.29, 0.717) is 49.3 Å². The number of ketones is 1. The highest BCUT2D eigenvalue weighted by Crippen LogP contribution is 2.14. The lowest BCUT2D eigenvalue weighted by atomic mass is 10.1. The lowest BCUT2D eigenvalue weighted by Crippen LogP contribution is -2.49. The number of anilines is 2. The Balaban J connectivity index is 1.55. The van der Waals surface area contributed by atoms with Crippen molar-refractivity contribution >= 4 is 23.6 Å². The normalized spacial score (nSPS) is 14.4. The molecule has 0 unspecified atom stereocenters. The van der Waals surface area contributed by atoms with Gasteiger partial charge in [-0.2, -0.15) is 15.0 Å². The summed E-state index contributed by atoms with van der Waals surface area (Å²) in [7, 11) is 1.56. The van der Waals surface area contributed by atoms with E-state index in [-0.39, 0.29) is 17.6 Å². The molecule has 0 radical (unpaired) electrons. The summed E-state index contributed by atoms with van der Waals surface area (Å²) in [6.45, 7) is 3.92. The Hall–Kier alpha value is -3.49. The van der Waals surface area contributed by atoms with E-state index >= 15 is 0 Å². The number of nitrogen functional groups attached to an aromatic ring is 1. The molecule has 1 saturated heterocycles.